The molecule has 1 heterocycles. The number of rotatable bonds is 2. The van der Waals surface area contributed by atoms with Crippen LogP contribution in [-0.4, -0.2) is 53.6 Å². The summed E-state index contributed by atoms with van der Waals surface area (Å²) in [5, 5.41) is 0. The zero-order chi connectivity index (χ0) is 17.1. The van der Waals surface area contributed by atoms with Gasteiger partial charge >= 0.3 is 6.09 Å². The van der Waals surface area contributed by atoms with Crippen LogP contribution in [0.25, 0.3) is 0 Å². The fraction of sp³-hybridized carbons (Fsp3) is 0.556. The van der Waals surface area contributed by atoms with Gasteiger partial charge in [0.25, 0.3) is 5.91 Å². The Morgan fingerprint density at radius 2 is 1.79 bits per heavy atom. The molecular formula is C18H25N3O3. The molecule has 2 fully saturated rings. The molecule has 0 unspecified atom stereocenters. The maximum Gasteiger partial charge on any atom is 0.410 e. The second-order valence-corrected chi connectivity index (χ2v) is 6.71. The van der Waals surface area contributed by atoms with E-state index in [2.05, 4.69) is 0 Å². The van der Waals surface area contributed by atoms with E-state index in [0.29, 0.717) is 30.9 Å². The quantitative estimate of drug-likeness (QED) is 0.845. The van der Waals surface area contributed by atoms with Crippen molar-refractivity contribution in [1.29, 1.82) is 0 Å². The van der Waals surface area contributed by atoms with Crippen molar-refractivity contribution in [2.24, 2.45) is 0 Å². The third-order valence-electron chi connectivity index (χ3n) is 4.87. The average Bonchev–Trinajstić information content (AvgIpc) is 3.08. The van der Waals surface area contributed by atoms with E-state index in [4.69, 9.17) is 10.5 Å². The van der Waals surface area contributed by atoms with Crippen molar-refractivity contribution in [2.75, 3.05) is 25.4 Å². The molecule has 1 aromatic rings. The Balaban J connectivity index is 1.57. The standard InChI is InChI=1S/C18H25N3O3/c1-13-12-20(18(23)24-16-4-2-3-5-16)10-11-21(13)17(22)14-6-8-15(19)9-7-14/h6-9,13,16H,2-5,10-12,19H2,1H3/t13-/m1/s1. The number of ether oxygens (including phenoxy) is 1. The third kappa shape index (κ3) is 3.63. The summed E-state index contributed by atoms with van der Waals surface area (Å²) in [5.41, 5.74) is 6.93. The summed E-state index contributed by atoms with van der Waals surface area (Å²) in [7, 11) is 0. The molecule has 0 radical (unpaired) electrons. The lowest BCUT2D eigenvalue weighted by molar-refractivity contribution is 0.0295. The highest BCUT2D eigenvalue weighted by molar-refractivity contribution is 5.94. The van der Waals surface area contributed by atoms with Crippen molar-refractivity contribution >= 4 is 17.7 Å². The van der Waals surface area contributed by atoms with Crippen molar-refractivity contribution in [3.63, 3.8) is 0 Å². The number of piperazine rings is 1. The number of nitrogen functional groups attached to an aromatic ring is 1. The minimum Gasteiger partial charge on any atom is -0.446 e. The highest BCUT2D eigenvalue weighted by Crippen LogP contribution is 2.22. The van der Waals surface area contributed by atoms with Crippen molar-refractivity contribution in [1.82, 2.24) is 9.80 Å². The molecule has 6 heteroatoms. The van der Waals surface area contributed by atoms with E-state index in [1.54, 1.807) is 29.2 Å². The van der Waals surface area contributed by atoms with Gasteiger partial charge in [0.2, 0.25) is 0 Å². The van der Waals surface area contributed by atoms with Gasteiger partial charge in [0.15, 0.2) is 0 Å². The van der Waals surface area contributed by atoms with Gasteiger partial charge in [-0.3, -0.25) is 4.79 Å². The predicted molar refractivity (Wildman–Crippen MR) is 91.7 cm³/mol. The molecule has 2 aliphatic rings. The molecular weight excluding hydrogens is 306 g/mol. The Hall–Kier alpha value is -2.24. The third-order valence-corrected chi connectivity index (χ3v) is 4.87. The van der Waals surface area contributed by atoms with E-state index in [-0.39, 0.29) is 24.1 Å². The van der Waals surface area contributed by atoms with Gasteiger partial charge in [0, 0.05) is 36.9 Å². The molecule has 24 heavy (non-hydrogen) atoms. The summed E-state index contributed by atoms with van der Waals surface area (Å²) in [5.74, 6) is -0.0219. The number of hydrogen-bond donors (Lipinski definition) is 1. The first kappa shape index (κ1) is 16.6. The van der Waals surface area contributed by atoms with Crippen LogP contribution in [0.5, 0.6) is 0 Å². The van der Waals surface area contributed by atoms with Crippen molar-refractivity contribution in [3.05, 3.63) is 29.8 Å². The van der Waals surface area contributed by atoms with Crippen LogP contribution >= 0.6 is 0 Å². The zero-order valence-electron chi connectivity index (χ0n) is 14.1. The number of benzene rings is 1. The smallest absolute Gasteiger partial charge is 0.410 e. The van der Waals surface area contributed by atoms with Crippen molar-refractivity contribution < 1.29 is 14.3 Å². The molecule has 1 aromatic carbocycles. The van der Waals surface area contributed by atoms with E-state index in [1.807, 2.05) is 11.8 Å². The van der Waals surface area contributed by atoms with Gasteiger partial charge < -0.3 is 20.3 Å². The number of carbonyl (C=O) groups is 2. The van der Waals surface area contributed by atoms with Gasteiger partial charge in [-0.15, -0.1) is 0 Å². The molecule has 1 saturated heterocycles. The largest absolute Gasteiger partial charge is 0.446 e. The van der Waals surface area contributed by atoms with Gasteiger partial charge in [0.1, 0.15) is 6.10 Å². The summed E-state index contributed by atoms with van der Waals surface area (Å²) in [6.07, 6.45) is 4.04. The molecule has 0 aromatic heterocycles. The zero-order valence-corrected chi connectivity index (χ0v) is 14.1. The van der Waals surface area contributed by atoms with E-state index in [0.717, 1.165) is 25.7 Å². The molecule has 130 valence electrons. The second-order valence-electron chi connectivity index (χ2n) is 6.71. The molecule has 2 amide bonds. The summed E-state index contributed by atoms with van der Waals surface area (Å²) < 4.78 is 5.56. The topological polar surface area (TPSA) is 75.9 Å². The minimum atomic E-state index is -0.242. The lowest BCUT2D eigenvalue weighted by Gasteiger charge is -2.39. The Labute approximate surface area is 142 Å². The minimum absolute atomic E-state index is 0.0219. The van der Waals surface area contributed by atoms with Crippen molar-refractivity contribution in [3.8, 4) is 0 Å². The predicted octanol–water partition coefficient (Wildman–Crippen LogP) is 2.49. The monoisotopic (exact) mass is 331 g/mol. The maximum atomic E-state index is 12.6. The van der Waals surface area contributed by atoms with Crippen LogP contribution in [0.2, 0.25) is 0 Å². The molecule has 0 bridgehead atoms. The number of anilines is 1. The van der Waals surface area contributed by atoms with Crippen LogP contribution in [0, 0.1) is 0 Å². The van der Waals surface area contributed by atoms with Crippen LogP contribution in [-0.2, 0) is 4.74 Å². The first-order valence-corrected chi connectivity index (χ1v) is 8.66. The second kappa shape index (κ2) is 7.11. The van der Waals surface area contributed by atoms with Gasteiger partial charge in [-0.2, -0.15) is 0 Å². The van der Waals surface area contributed by atoms with Gasteiger partial charge in [-0.25, -0.2) is 4.79 Å². The van der Waals surface area contributed by atoms with Gasteiger partial charge in [-0.1, -0.05) is 0 Å². The highest BCUT2D eigenvalue weighted by Gasteiger charge is 2.32. The number of hydrogen-bond acceptors (Lipinski definition) is 4. The SMILES string of the molecule is C[C@@H]1CN(C(=O)OC2CCCC2)CCN1C(=O)c1ccc(N)cc1. The Morgan fingerprint density at radius 1 is 1.12 bits per heavy atom. The van der Waals surface area contributed by atoms with Gasteiger partial charge in [0.05, 0.1) is 0 Å². The Bertz CT molecular complexity index is 596. The molecule has 1 atom stereocenters. The summed E-state index contributed by atoms with van der Waals surface area (Å²) in [6.45, 7) is 3.50. The molecule has 1 saturated carbocycles. The first-order valence-electron chi connectivity index (χ1n) is 8.66. The molecule has 2 N–H and O–H groups in total. The maximum absolute atomic E-state index is 12.6. The van der Waals surface area contributed by atoms with E-state index in [1.165, 1.54) is 0 Å². The number of amides is 2. The van der Waals surface area contributed by atoms with Crippen LogP contribution in [0.1, 0.15) is 43.0 Å². The molecule has 0 spiro atoms. The summed E-state index contributed by atoms with van der Waals surface area (Å²) in [4.78, 5) is 28.4. The molecule has 3 rings (SSSR count). The first-order chi connectivity index (χ1) is 11.5. The van der Waals surface area contributed by atoms with Crippen LogP contribution < -0.4 is 5.73 Å². The van der Waals surface area contributed by atoms with Crippen molar-refractivity contribution in [2.45, 2.75) is 44.8 Å². The fourth-order valence-corrected chi connectivity index (χ4v) is 3.44. The highest BCUT2D eigenvalue weighted by atomic mass is 16.6. The number of nitrogens with two attached hydrogens (primary N) is 1. The Morgan fingerprint density at radius 3 is 2.42 bits per heavy atom. The molecule has 6 nitrogen and oxygen atoms in total. The van der Waals surface area contributed by atoms with E-state index >= 15 is 0 Å². The van der Waals surface area contributed by atoms with Crippen LogP contribution in [0.15, 0.2) is 24.3 Å². The average molecular weight is 331 g/mol. The fourth-order valence-electron chi connectivity index (χ4n) is 3.44. The normalized spacial score (nSPS) is 21.8. The summed E-state index contributed by atoms with van der Waals surface area (Å²) >= 11 is 0. The Kier molecular flexibility index (Phi) is 4.92. The summed E-state index contributed by atoms with van der Waals surface area (Å²) in [6, 6.07) is 6.90. The number of carbonyl (C=O) groups excluding carboxylic acids is 2. The molecule has 1 aliphatic heterocycles. The van der Waals surface area contributed by atoms with Crippen LogP contribution in [0.3, 0.4) is 0 Å². The number of nitrogens with zero attached hydrogens (tertiary/aromatic N) is 2. The lowest BCUT2D eigenvalue weighted by atomic mass is 10.1. The lowest BCUT2D eigenvalue weighted by Crippen LogP contribution is -2.55. The van der Waals surface area contributed by atoms with E-state index in [9.17, 15) is 9.59 Å². The molecule has 1 aliphatic carbocycles. The van der Waals surface area contributed by atoms with Crippen LogP contribution in [0.4, 0.5) is 10.5 Å². The van der Waals surface area contributed by atoms with E-state index < -0.39 is 0 Å². The van der Waals surface area contributed by atoms with Gasteiger partial charge in [-0.05, 0) is 56.9 Å².